The van der Waals surface area contributed by atoms with E-state index >= 15 is 0 Å². The predicted molar refractivity (Wildman–Crippen MR) is 112 cm³/mol. The summed E-state index contributed by atoms with van der Waals surface area (Å²) in [5.74, 6) is -2.13. The van der Waals surface area contributed by atoms with Gasteiger partial charge in [-0.15, -0.1) is 0 Å². The number of hydrogen-bond acceptors (Lipinski definition) is 6. The Balaban J connectivity index is 1.51. The van der Waals surface area contributed by atoms with Crippen LogP contribution in [0.25, 0.3) is 28.3 Å². The van der Waals surface area contributed by atoms with Crippen LogP contribution in [0, 0.1) is 11.3 Å². The maximum atomic E-state index is 13.4. The smallest absolute Gasteiger partial charge is 0.257 e. The van der Waals surface area contributed by atoms with Crippen molar-refractivity contribution >= 4 is 5.65 Å². The maximum Gasteiger partial charge on any atom is 0.257 e. The second-order valence-corrected chi connectivity index (χ2v) is 8.47. The molecule has 5 heterocycles. The third-order valence-corrected chi connectivity index (χ3v) is 5.66. The van der Waals surface area contributed by atoms with Crippen molar-refractivity contribution in [1.82, 2.24) is 38.8 Å². The number of aryl methyl sites for hydroxylation is 1. The summed E-state index contributed by atoms with van der Waals surface area (Å²) in [5.41, 5.74) is 2.44. The summed E-state index contributed by atoms with van der Waals surface area (Å²) < 4.78 is 32.1. The first-order valence-corrected chi connectivity index (χ1v) is 10.1. The first-order chi connectivity index (χ1) is 15.3. The molecule has 1 fully saturated rings. The summed E-state index contributed by atoms with van der Waals surface area (Å²) >= 11 is 0. The highest BCUT2D eigenvalue weighted by Crippen LogP contribution is 2.35. The molecule has 0 amide bonds. The van der Waals surface area contributed by atoms with Crippen LogP contribution in [0.5, 0.6) is 0 Å². The van der Waals surface area contributed by atoms with Crippen LogP contribution in [-0.2, 0) is 12.6 Å². The molecule has 0 aliphatic carbocycles. The molecule has 1 aliphatic rings. The van der Waals surface area contributed by atoms with Crippen molar-refractivity contribution in [3.05, 3.63) is 43.2 Å². The van der Waals surface area contributed by atoms with Gasteiger partial charge in [0.25, 0.3) is 5.92 Å². The monoisotopic (exact) mass is 437 g/mol. The normalized spacial score (nSPS) is 16.2. The molecular weight excluding hydrogens is 416 g/mol. The maximum absolute atomic E-state index is 13.4. The van der Waals surface area contributed by atoms with Gasteiger partial charge in [-0.2, -0.15) is 15.5 Å². The highest BCUT2D eigenvalue weighted by Gasteiger charge is 2.47. The number of nitriles is 1. The van der Waals surface area contributed by atoms with Gasteiger partial charge in [0.1, 0.15) is 17.0 Å². The lowest BCUT2D eigenvalue weighted by Gasteiger charge is -2.49. The Morgan fingerprint density at radius 3 is 2.66 bits per heavy atom. The quantitative estimate of drug-likeness (QED) is 0.460. The Hall–Kier alpha value is -3.65. The molecule has 0 spiro atoms. The van der Waals surface area contributed by atoms with Crippen molar-refractivity contribution in [2.24, 2.45) is 7.05 Å². The van der Waals surface area contributed by atoms with Gasteiger partial charge >= 0.3 is 0 Å². The Bertz CT molecular complexity index is 1310. The van der Waals surface area contributed by atoms with E-state index in [9.17, 15) is 14.0 Å². The standard InChI is InChI=1S/C21H21F2N9/c1-20(22,23)12-30-13-21(14-30,3-4-24)32-11-16(9-27-32)19-28-17(15-8-26-29(2)10-15)7-18-25-5-6-31(18)19/h5-11H,3,12-14H2,1-2H3. The Morgan fingerprint density at radius 2 is 1.97 bits per heavy atom. The fraction of sp³-hybridized carbons (Fsp3) is 0.381. The van der Waals surface area contributed by atoms with Crippen LogP contribution in [0.15, 0.2) is 43.2 Å². The lowest BCUT2D eigenvalue weighted by Crippen LogP contribution is -2.64. The molecule has 164 valence electrons. The third kappa shape index (κ3) is 3.52. The van der Waals surface area contributed by atoms with Crippen LogP contribution in [0.2, 0.25) is 0 Å². The minimum atomic E-state index is -2.78. The molecule has 1 saturated heterocycles. The molecule has 5 rings (SSSR count). The van der Waals surface area contributed by atoms with E-state index in [1.165, 1.54) is 0 Å². The molecule has 0 atom stereocenters. The molecular formula is C21H21F2N9. The fourth-order valence-electron chi connectivity index (χ4n) is 4.30. The summed E-state index contributed by atoms with van der Waals surface area (Å²) in [4.78, 5) is 10.9. The van der Waals surface area contributed by atoms with Gasteiger partial charge in [0.05, 0.1) is 42.7 Å². The zero-order chi connectivity index (χ0) is 22.5. The molecule has 0 saturated carbocycles. The average Bonchev–Trinajstić information content (AvgIpc) is 3.44. The van der Waals surface area contributed by atoms with Gasteiger partial charge in [-0.25, -0.2) is 18.7 Å². The highest BCUT2D eigenvalue weighted by molar-refractivity contribution is 5.68. The zero-order valence-corrected chi connectivity index (χ0v) is 17.7. The average molecular weight is 437 g/mol. The molecule has 1 aliphatic heterocycles. The fourth-order valence-corrected chi connectivity index (χ4v) is 4.30. The lowest BCUT2D eigenvalue weighted by atomic mass is 9.86. The number of halogens is 2. The van der Waals surface area contributed by atoms with E-state index in [2.05, 4.69) is 21.3 Å². The summed E-state index contributed by atoms with van der Waals surface area (Å²) in [5, 5.41) is 18.1. The second-order valence-electron chi connectivity index (χ2n) is 8.47. The van der Waals surface area contributed by atoms with Crippen molar-refractivity contribution in [2.75, 3.05) is 19.6 Å². The number of likely N-dealkylation sites (tertiary alicyclic amines) is 1. The molecule has 0 bridgehead atoms. The molecule has 0 unspecified atom stereocenters. The summed E-state index contributed by atoms with van der Waals surface area (Å²) in [6, 6.07) is 4.07. The van der Waals surface area contributed by atoms with Crippen LogP contribution in [0.1, 0.15) is 13.3 Å². The number of aromatic nitrogens is 7. The second kappa shape index (κ2) is 7.20. The molecule has 0 aromatic carbocycles. The van der Waals surface area contributed by atoms with Gasteiger partial charge < -0.3 is 0 Å². The third-order valence-electron chi connectivity index (χ3n) is 5.66. The van der Waals surface area contributed by atoms with Crippen LogP contribution in [0.3, 0.4) is 0 Å². The zero-order valence-electron chi connectivity index (χ0n) is 17.7. The van der Waals surface area contributed by atoms with Crippen LogP contribution >= 0.6 is 0 Å². The minimum absolute atomic E-state index is 0.184. The number of rotatable bonds is 6. The van der Waals surface area contributed by atoms with E-state index in [0.29, 0.717) is 18.9 Å². The SMILES string of the molecule is Cn1cc(-c2cc3nccn3c(-c3cnn(C4(CC#N)CN(CC(C)(F)F)C4)c3)n2)cn1. The lowest BCUT2D eigenvalue weighted by molar-refractivity contribution is -0.0755. The Morgan fingerprint density at radius 1 is 1.19 bits per heavy atom. The molecule has 4 aromatic heterocycles. The van der Waals surface area contributed by atoms with Crippen LogP contribution in [0.4, 0.5) is 8.78 Å². The van der Waals surface area contributed by atoms with Gasteiger partial charge in [-0.1, -0.05) is 0 Å². The van der Waals surface area contributed by atoms with Gasteiger partial charge in [-0.05, 0) is 0 Å². The van der Waals surface area contributed by atoms with Crippen molar-refractivity contribution in [2.45, 2.75) is 24.8 Å². The predicted octanol–water partition coefficient (Wildman–Crippen LogP) is 2.57. The van der Waals surface area contributed by atoms with E-state index in [1.54, 1.807) is 32.9 Å². The number of hydrogen-bond donors (Lipinski definition) is 0. The van der Waals surface area contributed by atoms with E-state index < -0.39 is 11.5 Å². The van der Waals surface area contributed by atoms with Gasteiger partial charge in [0, 0.05) is 63.5 Å². The van der Waals surface area contributed by atoms with Crippen LogP contribution < -0.4 is 0 Å². The number of imidazole rings is 1. The van der Waals surface area contributed by atoms with E-state index in [1.807, 2.05) is 36.1 Å². The van der Waals surface area contributed by atoms with E-state index in [4.69, 9.17) is 4.98 Å². The minimum Gasteiger partial charge on any atom is -0.292 e. The van der Waals surface area contributed by atoms with Gasteiger partial charge in [0.2, 0.25) is 0 Å². The number of nitrogens with zero attached hydrogens (tertiary/aromatic N) is 9. The molecule has 9 nitrogen and oxygen atoms in total. The van der Waals surface area contributed by atoms with Crippen molar-refractivity contribution < 1.29 is 8.78 Å². The van der Waals surface area contributed by atoms with Crippen molar-refractivity contribution in [3.63, 3.8) is 0 Å². The summed E-state index contributed by atoms with van der Waals surface area (Å²) in [6.07, 6.45) is 10.8. The number of fused-ring (bicyclic) bond motifs is 1. The van der Waals surface area contributed by atoms with Gasteiger partial charge in [0.15, 0.2) is 0 Å². The molecule has 4 aromatic rings. The molecule has 32 heavy (non-hydrogen) atoms. The highest BCUT2D eigenvalue weighted by atomic mass is 19.3. The van der Waals surface area contributed by atoms with Crippen molar-refractivity contribution in [1.29, 1.82) is 5.26 Å². The Labute approximate surface area is 182 Å². The Kier molecular flexibility index (Phi) is 4.56. The number of alkyl halides is 2. The first kappa shape index (κ1) is 20.3. The molecule has 0 N–H and O–H groups in total. The summed E-state index contributed by atoms with van der Waals surface area (Å²) in [6.45, 7) is 1.25. The van der Waals surface area contributed by atoms with Crippen molar-refractivity contribution in [3.8, 4) is 28.7 Å². The first-order valence-electron chi connectivity index (χ1n) is 10.1. The molecule has 0 radical (unpaired) electrons. The molecule has 11 heteroatoms. The summed E-state index contributed by atoms with van der Waals surface area (Å²) in [7, 11) is 1.84. The largest absolute Gasteiger partial charge is 0.292 e. The topological polar surface area (TPSA) is 92.9 Å². The van der Waals surface area contributed by atoms with E-state index in [-0.39, 0.29) is 13.0 Å². The van der Waals surface area contributed by atoms with Gasteiger partial charge in [-0.3, -0.25) is 18.7 Å². The van der Waals surface area contributed by atoms with E-state index in [0.717, 1.165) is 29.4 Å². The van der Waals surface area contributed by atoms with Crippen LogP contribution in [-0.4, -0.2) is 64.4 Å².